The highest BCUT2D eigenvalue weighted by Gasteiger charge is 2.52. The summed E-state index contributed by atoms with van der Waals surface area (Å²) in [4.78, 5) is 51.0. The first kappa shape index (κ1) is 67.9. The van der Waals surface area contributed by atoms with Crippen molar-refractivity contribution < 1.29 is 81.1 Å². The van der Waals surface area contributed by atoms with Gasteiger partial charge in [-0.3, -0.25) is 4.90 Å². The number of hydrogen-bond acceptors (Lipinski definition) is 10. The van der Waals surface area contributed by atoms with Crippen LogP contribution in [0.1, 0.15) is 146 Å². The van der Waals surface area contributed by atoms with Crippen LogP contribution in [0.5, 0.6) is 0 Å². The van der Waals surface area contributed by atoms with Gasteiger partial charge in [-0.15, -0.1) is 0 Å². The zero-order valence-electron chi connectivity index (χ0n) is 51.1. The first-order valence-corrected chi connectivity index (χ1v) is 35.4. The second kappa shape index (κ2) is 25.4. The van der Waals surface area contributed by atoms with Crippen LogP contribution >= 0.6 is 0 Å². The number of nitrogens with one attached hydrogen (secondary N) is 2. The van der Waals surface area contributed by atoms with Crippen LogP contribution in [-0.2, 0) is 15.4 Å². The molecule has 0 spiro atoms. The monoisotopic (exact) mass is 1290 g/mol. The van der Waals surface area contributed by atoms with E-state index in [1.54, 1.807) is 66.7 Å². The smallest absolute Gasteiger partial charge is 0.410 e. The molecule has 5 N–H and O–H groups in total. The number of amides is 5. The Bertz CT molecular complexity index is 3240. The third-order valence-electron chi connectivity index (χ3n) is 18.7. The maximum atomic E-state index is 14.2. The maximum Gasteiger partial charge on any atom is 0.410 e. The van der Waals surface area contributed by atoms with E-state index in [0.29, 0.717) is 27.8 Å². The summed E-state index contributed by atoms with van der Waals surface area (Å²) in [6.07, 6.45) is -11.1. The van der Waals surface area contributed by atoms with Crippen molar-refractivity contribution in [3.05, 3.63) is 95.2 Å². The average molecular weight is 1290 g/mol. The summed E-state index contributed by atoms with van der Waals surface area (Å²) < 4.78 is 162. The van der Waals surface area contributed by atoms with Gasteiger partial charge in [-0.25, -0.2) is 41.9 Å². The molecule has 4 fully saturated rings. The molecule has 6 atom stereocenters. The van der Waals surface area contributed by atoms with Gasteiger partial charge in [0.1, 0.15) is 29.2 Å². The minimum Gasteiger partial charge on any atom is -0.465 e. The Morgan fingerprint density at radius 3 is 1.45 bits per heavy atom. The molecule has 9 rings (SSSR count). The molecule has 28 heteroatoms. The molecular formula is C60H80F10N8O8Si2. The summed E-state index contributed by atoms with van der Waals surface area (Å²) in [5, 5.41) is 14.1. The molecule has 4 heterocycles. The van der Waals surface area contributed by atoms with Crippen LogP contribution in [0.3, 0.4) is 0 Å². The Morgan fingerprint density at radius 1 is 0.670 bits per heavy atom. The lowest BCUT2D eigenvalue weighted by molar-refractivity contribution is -0.151. The number of fused-ring (bicyclic) bond motifs is 2. The van der Waals surface area contributed by atoms with Crippen LogP contribution in [0.2, 0.25) is 36.3 Å². The van der Waals surface area contributed by atoms with Crippen molar-refractivity contribution in [3.63, 3.8) is 0 Å². The van der Waals surface area contributed by atoms with Crippen molar-refractivity contribution >= 4 is 57.0 Å². The lowest BCUT2D eigenvalue weighted by Gasteiger charge is -2.38. The molecule has 4 aliphatic rings. The van der Waals surface area contributed by atoms with E-state index in [1.807, 2.05) is 57.6 Å². The molecule has 3 aromatic carbocycles. The summed E-state index contributed by atoms with van der Waals surface area (Å²) >= 11 is 0. The summed E-state index contributed by atoms with van der Waals surface area (Å²) in [5.74, 6) is -5.98. The molecule has 5 aromatic rings. The third-order valence-corrected chi connectivity index (χ3v) is 27.7. The highest BCUT2D eigenvalue weighted by Crippen LogP contribution is 2.47. The summed E-state index contributed by atoms with van der Waals surface area (Å²) in [7, 11) is -4.71. The molecule has 0 unspecified atom stereocenters. The third kappa shape index (κ3) is 15.8. The molecular weight excluding hydrogens is 1210 g/mol. The molecule has 486 valence electrons. The Hall–Kier alpha value is -5.98. The lowest BCUT2D eigenvalue weighted by atomic mass is 9.81. The zero-order valence-corrected chi connectivity index (χ0v) is 53.1. The molecule has 2 saturated heterocycles. The Balaban J connectivity index is 0.000000234. The van der Waals surface area contributed by atoms with Gasteiger partial charge in [0, 0.05) is 32.2 Å². The van der Waals surface area contributed by atoms with Gasteiger partial charge in [-0.2, -0.15) is 26.3 Å². The lowest BCUT2D eigenvalue weighted by Crippen LogP contribution is -2.44. The molecule has 5 amide bonds. The number of carbonyl (C=O) groups excluding carboxylic acids is 2. The summed E-state index contributed by atoms with van der Waals surface area (Å²) in [6.45, 7) is 19.1. The van der Waals surface area contributed by atoms with Crippen molar-refractivity contribution in [1.82, 2.24) is 35.3 Å². The van der Waals surface area contributed by atoms with Crippen LogP contribution in [-0.4, -0.2) is 127 Å². The zero-order chi connectivity index (χ0) is 64.9. The fourth-order valence-electron chi connectivity index (χ4n) is 11.0. The molecule has 0 bridgehead atoms. The highest BCUT2D eigenvalue weighted by atomic mass is 28.4. The van der Waals surface area contributed by atoms with Gasteiger partial charge in [0.05, 0.1) is 44.4 Å². The van der Waals surface area contributed by atoms with Gasteiger partial charge in [0.15, 0.2) is 27.8 Å². The minimum atomic E-state index is -4.64. The van der Waals surface area contributed by atoms with E-state index in [4.69, 9.17) is 23.4 Å². The molecule has 16 nitrogen and oxygen atoms in total. The second-order valence-electron chi connectivity index (χ2n) is 26.9. The number of carboxylic acid groups (broad SMARTS) is 1. The van der Waals surface area contributed by atoms with E-state index < -0.39 is 127 Å². The number of nitrogens with two attached hydrogens (primary N) is 1. The minimum absolute atomic E-state index is 0.0144. The van der Waals surface area contributed by atoms with Crippen molar-refractivity contribution in [2.24, 2.45) is 17.6 Å². The first-order chi connectivity index (χ1) is 40.6. The number of aromatic nitrogens is 2. The number of alkyl halides is 10. The second-order valence-corrected chi connectivity index (χ2v) is 36.5. The van der Waals surface area contributed by atoms with Gasteiger partial charge in [0.25, 0.3) is 0 Å². The normalized spacial score (nSPS) is 21.4. The van der Waals surface area contributed by atoms with E-state index in [9.17, 15) is 63.4 Å². The predicted octanol–water partition coefficient (Wildman–Crippen LogP) is 15.6. The van der Waals surface area contributed by atoms with Gasteiger partial charge < -0.3 is 49.0 Å². The fourth-order valence-corrected chi connectivity index (χ4v) is 13.0. The van der Waals surface area contributed by atoms with E-state index >= 15 is 0 Å². The number of halogens is 10. The van der Waals surface area contributed by atoms with Crippen LogP contribution in [0.4, 0.5) is 58.3 Å². The van der Waals surface area contributed by atoms with E-state index in [-0.39, 0.29) is 97.2 Å². The molecule has 2 aromatic heterocycles. The summed E-state index contributed by atoms with van der Waals surface area (Å²) in [6, 6.07) is 9.58. The van der Waals surface area contributed by atoms with Crippen molar-refractivity contribution in [1.29, 1.82) is 0 Å². The number of hydrogen-bond donors (Lipinski definition) is 4. The fraction of sp³-hybridized carbons (Fsp3) is 0.617. The molecule has 2 saturated carbocycles. The number of oxazole rings is 2. The quantitative estimate of drug-likeness (QED) is 0.0510. The Labute approximate surface area is 506 Å². The van der Waals surface area contributed by atoms with Crippen LogP contribution in [0.15, 0.2) is 75.6 Å². The van der Waals surface area contributed by atoms with E-state index in [0.717, 1.165) is 14.7 Å². The number of nitrogens with zero attached hydrogens (tertiary/aromatic N) is 5. The van der Waals surface area contributed by atoms with Gasteiger partial charge in [-0.05, 0) is 115 Å². The maximum absolute atomic E-state index is 14.2. The van der Waals surface area contributed by atoms with Gasteiger partial charge >= 0.3 is 30.5 Å². The highest BCUT2D eigenvalue weighted by molar-refractivity contribution is 6.74. The van der Waals surface area contributed by atoms with E-state index in [1.165, 1.54) is 0 Å². The van der Waals surface area contributed by atoms with Crippen molar-refractivity contribution in [3.8, 4) is 0 Å². The number of benzene rings is 3. The van der Waals surface area contributed by atoms with Crippen LogP contribution in [0, 0.1) is 11.8 Å². The predicted molar refractivity (Wildman–Crippen MR) is 313 cm³/mol. The largest absolute Gasteiger partial charge is 0.465 e. The van der Waals surface area contributed by atoms with Crippen LogP contribution in [0.25, 0.3) is 22.2 Å². The van der Waals surface area contributed by atoms with Crippen molar-refractivity contribution in [2.45, 2.75) is 196 Å². The molecule has 0 radical (unpaired) electrons. The standard InChI is InChI=1S/C34H43F5N4O5Si.C26H37F5N4O3Si/c1-32(2,3)49(4,5)47-20-25(42-19-27(34(37,38)39)41-30(42)44)23-11-12-26-24(17-23)40-29(48-26)28(22-13-15-33(35,36)16-14-22)43(31(45)46)18-21-9-7-6-8-10-21;1-24(2,3)39(4,5)37-14-18(35-13-20(26(29,30)31)34-23(35)36)16-6-7-19-17(12-16)33-22(38-19)21(32)15-8-10-25(27,28)11-9-15/h6-12,17,22,25,27-28H,13-16,18-20H2,1-5H3,(H,41,44)(H,45,46);6-7,12,15,18,20-21H,8-11,13-14,32H2,1-5H3,(H,34,36)/t25-,27-,28-;18-,20-,21-/m00/s1. The molecule has 88 heavy (non-hydrogen) atoms. The van der Waals surface area contributed by atoms with Crippen LogP contribution < -0.4 is 16.4 Å². The number of carbonyl (C=O) groups is 3. The Kier molecular flexibility index (Phi) is 19.6. The van der Waals surface area contributed by atoms with Gasteiger partial charge in [-0.1, -0.05) is 84.0 Å². The topological polar surface area (TPSA) is 202 Å². The molecule has 2 aliphatic carbocycles. The first-order valence-electron chi connectivity index (χ1n) is 29.5. The number of rotatable bonds is 17. The van der Waals surface area contributed by atoms with Gasteiger partial charge in [0.2, 0.25) is 23.6 Å². The SMILES string of the molecule is CC(C)(C)[Si](C)(C)OC[C@@H](c1ccc2oc([C@@H](N)C3CCC(F)(F)CC3)nc2c1)N1C[C@@H](C(F)(F)F)NC1=O.CC(C)(C)[Si](C)(C)OC[C@@H](c1ccc2oc([C@H](C3CCC(F)(F)CC3)N(Cc3ccccc3)C(=O)O)nc2c1)N1C[C@@H](C(F)(F)F)NC1=O. The average Bonchev–Trinajstić information content (AvgIpc) is 2.83. The summed E-state index contributed by atoms with van der Waals surface area (Å²) in [5.41, 5.74) is 9.43. The number of urea groups is 2. The Morgan fingerprint density at radius 2 is 1.07 bits per heavy atom. The van der Waals surface area contributed by atoms with E-state index in [2.05, 4.69) is 30.7 Å². The molecule has 2 aliphatic heterocycles. The van der Waals surface area contributed by atoms with Crippen molar-refractivity contribution in [2.75, 3.05) is 26.3 Å².